The summed E-state index contributed by atoms with van der Waals surface area (Å²) in [5, 5.41) is 0. The van der Waals surface area contributed by atoms with Crippen LogP contribution in [0.3, 0.4) is 0 Å². The number of benzene rings is 1. The van der Waals surface area contributed by atoms with Crippen molar-refractivity contribution in [2.24, 2.45) is 5.41 Å². The SMILES string of the molecule is CC(C)(C)OC(=O)N1CCN2C(=O)C(C)(C)C(=O)C2(Cc2ccc(F)cc2)C1. The Morgan fingerprint density at radius 1 is 1.14 bits per heavy atom. The van der Waals surface area contributed by atoms with Gasteiger partial charge in [0.05, 0.1) is 6.54 Å². The van der Waals surface area contributed by atoms with Crippen molar-refractivity contribution in [1.29, 1.82) is 0 Å². The van der Waals surface area contributed by atoms with Crippen LogP contribution >= 0.6 is 0 Å². The first-order valence-corrected chi connectivity index (χ1v) is 9.46. The number of nitrogens with zero attached hydrogens (tertiary/aromatic N) is 2. The van der Waals surface area contributed by atoms with Gasteiger partial charge < -0.3 is 14.5 Å². The van der Waals surface area contributed by atoms with Crippen molar-refractivity contribution in [1.82, 2.24) is 9.80 Å². The van der Waals surface area contributed by atoms with Crippen LogP contribution in [0.2, 0.25) is 0 Å². The van der Waals surface area contributed by atoms with Crippen LogP contribution in [-0.4, -0.2) is 58.4 Å². The first-order valence-electron chi connectivity index (χ1n) is 9.46. The number of rotatable bonds is 2. The van der Waals surface area contributed by atoms with Gasteiger partial charge in [0, 0.05) is 19.5 Å². The highest BCUT2D eigenvalue weighted by atomic mass is 19.1. The molecule has 2 fully saturated rings. The molecular weight excluding hydrogens is 363 g/mol. The van der Waals surface area contributed by atoms with Crippen LogP contribution in [0.25, 0.3) is 0 Å². The van der Waals surface area contributed by atoms with E-state index in [0.29, 0.717) is 6.54 Å². The predicted octanol–water partition coefficient (Wildman–Crippen LogP) is 2.80. The van der Waals surface area contributed by atoms with E-state index in [9.17, 15) is 18.8 Å². The van der Waals surface area contributed by atoms with Gasteiger partial charge in [-0.3, -0.25) is 9.59 Å². The molecule has 2 saturated heterocycles. The zero-order valence-electron chi connectivity index (χ0n) is 17.0. The quantitative estimate of drug-likeness (QED) is 0.729. The summed E-state index contributed by atoms with van der Waals surface area (Å²) >= 11 is 0. The zero-order valence-corrected chi connectivity index (χ0v) is 17.0. The average molecular weight is 390 g/mol. The molecule has 2 heterocycles. The summed E-state index contributed by atoms with van der Waals surface area (Å²) in [5.74, 6) is -0.822. The largest absolute Gasteiger partial charge is 0.444 e. The summed E-state index contributed by atoms with van der Waals surface area (Å²) in [6, 6.07) is 5.88. The van der Waals surface area contributed by atoms with E-state index in [4.69, 9.17) is 4.74 Å². The maximum absolute atomic E-state index is 13.4. The number of halogens is 1. The van der Waals surface area contributed by atoms with E-state index in [0.717, 1.165) is 5.56 Å². The predicted molar refractivity (Wildman–Crippen MR) is 101 cm³/mol. The van der Waals surface area contributed by atoms with Crippen LogP contribution in [0.15, 0.2) is 24.3 Å². The summed E-state index contributed by atoms with van der Waals surface area (Å²) in [6.45, 7) is 9.21. The minimum Gasteiger partial charge on any atom is -0.444 e. The fraction of sp³-hybridized carbons (Fsp3) is 0.571. The van der Waals surface area contributed by atoms with Crippen molar-refractivity contribution in [2.45, 2.75) is 52.2 Å². The lowest BCUT2D eigenvalue weighted by atomic mass is 9.77. The van der Waals surface area contributed by atoms with Crippen molar-refractivity contribution in [3.8, 4) is 0 Å². The molecule has 152 valence electrons. The van der Waals surface area contributed by atoms with E-state index < -0.39 is 22.6 Å². The lowest BCUT2D eigenvalue weighted by Crippen LogP contribution is -2.65. The second-order valence-electron chi connectivity index (χ2n) is 9.15. The molecule has 3 rings (SSSR count). The van der Waals surface area contributed by atoms with Crippen LogP contribution in [0.5, 0.6) is 0 Å². The first kappa shape index (κ1) is 20.3. The molecule has 2 amide bonds. The molecular formula is C21H27FN2O4. The Balaban J connectivity index is 1.97. The van der Waals surface area contributed by atoms with Crippen LogP contribution in [0, 0.1) is 11.2 Å². The number of Topliss-reactive ketones (excluding diaryl/α,β-unsaturated/α-hetero) is 1. The third-order valence-corrected chi connectivity index (χ3v) is 5.39. The van der Waals surface area contributed by atoms with E-state index in [1.807, 2.05) is 0 Å². The molecule has 0 radical (unpaired) electrons. The Hall–Kier alpha value is -2.44. The minimum atomic E-state index is -1.17. The monoisotopic (exact) mass is 390 g/mol. The molecule has 1 atom stereocenters. The number of carbonyl (C=O) groups excluding carboxylic acids is 3. The summed E-state index contributed by atoms with van der Waals surface area (Å²) in [7, 11) is 0. The van der Waals surface area contributed by atoms with E-state index in [1.165, 1.54) is 17.0 Å². The second-order valence-corrected chi connectivity index (χ2v) is 9.15. The number of ether oxygens (including phenoxy) is 1. The molecule has 6 nitrogen and oxygen atoms in total. The summed E-state index contributed by atoms with van der Waals surface area (Å²) < 4.78 is 18.8. The van der Waals surface area contributed by atoms with Crippen molar-refractivity contribution < 1.29 is 23.5 Å². The fourth-order valence-electron chi connectivity index (χ4n) is 4.08. The number of piperazine rings is 1. The van der Waals surface area contributed by atoms with Crippen LogP contribution < -0.4 is 0 Å². The lowest BCUT2D eigenvalue weighted by Gasteiger charge is -2.45. The van der Waals surface area contributed by atoms with Crippen LogP contribution in [0.1, 0.15) is 40.2 Å². The Kier molecular flexibility index (Phi) is 4.76. The number of hydrogen-bond donors (Lipinski definition) is 0. The van der Waals surface area contributed by atoms with Gasteiger partial charge in [-0.05, 0) is 52.3 Å². The van der Waals surface area contributed by atoms with E-state index in [1.54, 1.807) is 51.7 Å². The van der Waals surface area contributed by atoms with E-state index >= 15 is 0 Å². The number of carbonyl (C=O) groups is 3. The molecule has 7 heteroatoms. The van der Waals surface area contributed by atoms with E-state index in [-0.39, 0.29) is 37.0 Å². The molecule has 1 aromatic carbocycles. The van der Waals surface area contributed by atoms with Gasteiger partial charge in [0.1, 0.15) is 22.4 Å². The number of amides is 2. The third-order valence-electron chi connectivity index (χ3n) is 5.39. The van der Waals surface area contributed by atoms with Gasteiger partial charge in [-0.1, -0.05) is 12.1 Å². The standard InChI is InChI=1S/C21H27FN2O4/c1-19(2,3)28-18(27)23-10-11-24-17(26)20(4,5)16(25)21(24,13-23)12-14-6-8-15(22)9-7-14/h6-9H,10-13H2,1-5H3. The zero-order chi connectivity index (χ0) is 20.9. The molecule has 2 aliphatic rings. The van der Waals surface area contributed by atoms with Gasteiger partial charge in [-0.2, -0.15) is 0 Å². The minimum absolute atomic E-state index is 0.0628. The van der Waals surface area contributed by atoms with Gasteiger partial charge in [-0.15, -0.1) is 0 Å². The molecule has 1 unspecified atom stereocenters. The topological polar surface area (TPSA) is 66.9 Å². The average Bonchev–Trinajstić information content (AvgIpc) is 2.74. The van der Waals surface area contributed by atoms with Gasteiger partial charge in [-0.25, -0.2) is 9.18 Å². The van der Waals surface area contributed by atoms with Crippen LogP contribution in [-0.2, 0) is 20.7 Å². The molecule has 1 aromatic rings. The van der Waals surface area contributed by atoms with Crippen molar-refractivity contribution in [3.05, 3.63) is 35.6 Å². The molecule has 0 bridgehead atoms. The summed E-state index contributed by atoms with van der Waals surface area (Å²) in [6.07, 6.45) is -0.281. The lowest BCUT2D eigenvalue weighted by molar-refractivity contribution is -0.139. The molecule has 0 aromatic heterocycles. The van der Waals surface area contributed by atoms with E-state index in [2.05, 4.69) is 0 Å². The van der Waals surface area contributed by atoms with Crippen molar-refractivity contribution in [3.63, 3.8) is 0 Å². The highest BCUT2D eigenvalue weighted by molar-refractivity contribution is 6.16. The molecule has 2 aliphatic heterocycles. The number of ketones is 1. The Morgan fingerprint density at radius 3 is 2.32 bits per heavy atom. The van der Waals surface area contributed by atoms with Crippen molar-refractivity contribution >= 4 is 17.8 Å². The number of fused-ring (bicyclic) bond motifs is 1. The second kappa shape index (κ2) is 6.57. The molecule has 0 aliphatic carbocycles. The molecule has 28 heavy (non-hydrogen) atoms. The fourth-order valence-corrected chi connectivity index (χ4v) is 4.08. The third kappa shape index (κ3) is 3.38. The van der Waals surface area contributed by atoms with Gasteiger partial charge in [0.15, 0.2) is 5.78 Å². The molecule has 0 N–H and O–H groups in total. The first-order chi connectivity index (χ1) is 12.9. The maximum atomic E-state index is 13.4. The Labute approximate surface area is 164 Å². The Bertz CT molecular complexity index is 813. The van der Waals surface area contributed by atoms with Gasteiger partial charge in [0.2, 0.25) is 5.91 Å². The summed E-state index contributed by atoms with van der Waals surface area (Å²) in [5.41, 5.74) is -2.26. The highest BCUT2D eigenvalue weighted by Crippen LogP contribution is 2.43. The Morgan fingerprint density at radius 2 is 1.75 bits per heavy atom. The normalized spacial score (nSPS) is 24.4. The van der Waals surface area contributed by atoms with Gasteiger partial charge >= 0.3 is 6.09 Å². The maximum Gasteiger partial charge on any atom is 0.410 e. The molecule has 0 spiro atoms. The number of hydrogen-bond acceptors (Lipinski definition) is 4. The molecule has 0 saturated carbocycles. The summed E-state index contributed by atoms with van der Waals surface area (Å²) in [4.78, 5) is 42.1. The van der Waals surface area contributed by atoms with Crippen LogP contribution in [0.4, 0.5) is 9.18 Å². The van der Waals surface area contributed by atoms with Crippen molar-refractivity contribution in [2.75, 3.05) is 19.6 Å². The smallest absolute Gasteiger partial charge is 0.410 e. The highest BCUT2D eigenvalue weighted by Gasteiger charge is 2.64. The van der Waals surface area contributed by atoms with Gasteiger partial charge in [0.25, 0.3) is 0 Å².